The summed E-state index contributed by atoms with van der Waals surface area (Å²) in [6, 6.07) is 8.99. The lowest BCUT2D eigenvalue weighted by molar-refractivity contribution is 0.0925. The highest BCUT2D eigenvalue weighted by molar-refractivity contribution is 5.29. The predicted octanol–water partition coefficient (Wildman–Crippen LogP) is 2.60. The van der Waals surface area contributed by atoms with Crippen molar-refractivity contribution in [3.05, 3.63) is 35.4 Å². The minimum absolute atomic E-state index is 0.234. The molecule has 1 aliphatic carbocycles. The molecule has 1 aliphatic heterocycles. The maximum absolute atomic E-state index is 5.78. The maximum Gasteiger partial charge on any atom is 0.0865 e. The summed E-state index contributed by atoms with van der Waals surface area (Å²) in [6.45, 7) is 1.59. The van der Waals surface area contributed by atoms with Crippen LogP contribution in [0.3, 0.4) is 0 Å². The van der Waals surface area contributed by atoms with Crippen LogP contribution in [0.15, 0.2) is 24.3 Å². The third-order valence-electron chi connectivity index (χ3n) is 3.83. The Balaban J connectivity index is 1.77. The average molecular weight is 217 g/mol. The van der Waals surface area contributed by atoms with Gasteiger partial charge in [0.15, 0.2) is 0 Å². The van der Waals surface area contributed by atoms with E-state index in [1.807, 2.05) is 0 Å². The zero-order valence-electron chi connectivity index (χ0n) is 9.56. The van der Waals surface area contributed by atoms with E-state index in [4.69, 9.17) is 10.5 Å². The van der Waals surface area contributed by atoms with Crippen LogP contribution in [0, 0.1) is 5.92 Å². The fourth-order valence-corrected chi connectivity index (χ4v) is 2.62. The first-order valence-electron chi connectivity index (χ1n) is 6.30. The molecule has 3 rings (SSSR count). The van der Waals surface area contributed by atoms with E-state index in [0.29, 0.717) is 5.92 Å². The molecule has 2 atom stereocenters. The molecular weight excluding hydrogens is 198 g/mol. The highest BCUT2D eigenvalue weighted by Crippen LogP contribution is 2.41. The topological polar surface area (TPSA) is 35.2 Å². The molecule has 0 aromatic heterocycles. The monoisotopic (exact) mass is 217 g/mol. The van der Waals surface area contributed by atoms with Gasteiger partial charge in [0.1, 0.15) is 0 Å². The molecule has 1 aromatic rings. The number of benzene rings is 1. The first kappa shape index (κ1) is 10.3. The Morgan fingerprint density at radius 3 is 2.38 bits per heavy atom. The van der Waals surface area contributed by atoms with E-state index in [9.17, 15) is 0 Å². The van der Waals surface area contributed by atoms with Gasteiger partial charge in [-0.2, -0.15) is 0 Å². The van der Waals surface area contributed by atoms with Crippen LogP contribution in [0.1, 0.15) is 42.4 Å². The Morgan fingerprint density at radius 1 is 1.06 bits per heavy atom. The van der Waals surface area contributed by atoms with Crippen molar-refractivity contribution in [2.24, 2.45) is 11.7 Å². The van der Waals surface area contributed by atoms with Gasteiger partial charge in [-0.05, 0) is 42.9 Å². The molecule has 1 aromatic carbocycles. The van der Waals surface area contributed by atoms with Crippen molar-refractivity contribution in [2.45, 2.75) is 31.3 Å². The summed E-state index contributed by atoms with van der Waals surface area (Å²) < 4.78 is 5.78. The Hall–Kier alpha value is -0.860. The van der Waals surface area contributed by atoms with Crippen molar-refractivity contribution >= 4 is 0 Å². The molecule has 0 radical (unpaired) electrons. The van der Waals surface area contributed by atoms with Gasteiger partial charge in [0.2, 0.25) is 0 Å². The molecule has 2 fully saturated rings. The summed E-state index contributed by atoms with van der Waals surface area (Å²) in [5, 5.41) is 0. The van der Waals surface area contributed by atoms with Gasteiger partial charge >= 0.3 is 0 Å². The largest absolute Gasteiger partial charge is 0.373 e. The van der Waals surface area contributed by atoms with Gasteiger partial charge < -0.3 is 10.5 Å². The Morgan fingerprint density at radius 2 is 1.75 bits per heavy atom. The summed E-state index contributed by atoms with van der Waals surface area (Å²) in [6.07, 6.45) is 4.07. The molecule has 2 nitrogen and oxygen atoms in total. The highest BCUT2D eigenvalue weighted by Gasteiger charge is 2.29. The van der Waals surface area contributed by atoms with Crippen molar-refractivity contribution in [1.29, 1.82) is 0 Å². The van der Waals surface area contributed by atoms with Gasteiger partial charge in [0, 0.05) is 12.5 Å². The van der Waals surface area contributed by atoms with Gasteiger partial charge in [-0.25, -0.2) is 0 Å². The van der Waals surface area contributed by atoms with E-state index >= 15 is 0 Å². The van der Waals surface area contributed by atoms with Crippen LogP contribution in [0.25, 0.3) is 0 Å². The molecule has 0 bridgehead atoms. The minimum Gasteiger partial charge on any atom is -0.373 e. The summed E-state index contributed by atoms with van der Waals surface area (Å²) >= 11 is 0. The summed E-state index contributed by atoms with van der Waals surface area (Å²) in [7, 11) is 0. The molecule has 2 unspecified atom stereocenters. The van der Waals surface area contributed by atoms with Crippen LogP contribution in [0.2, 0.25) is 0 Å². The summed E-state index contributed by atoms with van der Waals surface area (Å²) in [5.41, 5.74) is 8.56. The summed E-state index contributed by atoms with van der Waals surface area (Å²) in [4.78, 5) is 0. The summed E-state index contributed by atoms with van der Waals surface area (Å²) in [5.74, 6) is 1.34. The van der Waals surface area contributed by atoms with Crippen molar-refractivity contribution in [2.75, 3.05) is 13.2 Å². The Bertz CT molecular complexity index is 356. The Labute approximate surface area is 96.8 Å². The van der Waals surface area contributed by atoms with E-state index < -0.39 is 0 Å². The van der Waals surface area contributed by atoms with E-state index in [-0.39, 0.29) is 6.10 Å². The third kappa shape index (κ3) is 1.87. The molecule has 2 heteroatoms. The maximum atomic E-state index is 5.78. The molecule has 1 heterocycles. The van der Waals surface area contributed by atoms with E-state index in [1.54, 1.807) is 0 Å². The zero-order chi connectivity index (χ0) is 11.0. The molecule has 2 N–H and O–H groups in total. The molecule has 16 heavy (non-hydrogen) atoms. The lowest BCUT2D eigenvalue weighted by Crippen LogP contribution is -2.17. The molecule has 86 valence electrons. The van der Waals surface area contributed by atoms with E-state index in [1.165, 1.54) is 24.0 Å². The predicted molar refractivity (Wildman–Crippen MR) is 64.3 cm³/mol. The van der Waals surface area contributed by atoms with Gasteiger partial charge in [-0.1, -0.05) is 24.3 Å². The van der Waals surface area contributed by atoms with Crippen LogP contribution in [0.5, 0.6) is 0 Å². The van der Waals surface area contributed by atoms with Crippen molar-refractivity contribution < 1.29 is 4.74 Å². The number of hydrogen-bond donors (Lipinski definition) is 1. The fourth-order valence-electron chi connectivity index (χ4n) is 2.62. The fraction of sp³-hybridized carbons (Fsp3) is 0.571. The number of ether oxygens (including phenoxy) is 1. The van der Waals surface area contributed by atoms with Gasteiger partial charge in [-0.3, -0.25) is 0 Å². The third-order valence-corrected chi connectivity index (χ3v) is 3.83. The normalized spacial score (nSPS) is 29.6. The van der Waals surface area contributed by atoms with E-state index in [2.05, 4.69) is 24.3 Å². The minimum atomic E-state index is 0.234. The van der Waals surface area contributed by atoms with Crippen LogP contribution in [0.4, 0.5) is 0 Å². The quantitative estimate of drug-likeness (QED) is 0.844. The van der Waals surface area contributed by atoms with E-state index in [0.717, 1.165) is 25.5 Å². The lowest BCUT2D eigenvalue weighted by Gasteiger charge is -2.17. The number of nitrogens with two attached hydrogens (primary N) is 1. The first-order valence-corrected chi connectivity index (χ1v) is 6.30. The van der Waals surface area contributed by atoms with Crippen LogP contribution >= 0.6 is 0 Å². The van der Waals surface area contributed by atoms with Crippen LogP contribution in [-0.4, -0.2) is 13.2 Å². The number of hydrogen-bond acceptors (Lipinski definition) is 2. The number of rotatable bonds is 3. The highest BCUT2D eigenvalue weighted by atomic mass is 16.5. The second kappa shape index (κ2) is 4.19. The molecular formula is C14H19NO. The van der Waals surface area contributed by atoms with Crippen molar-refractivity contribution in [3.8, 4) is 0 Å². The zero-order valence-corrected chi connectivity index (χ0v) is 9.56. The van der Waals surface area contributed by atoms with Crippen LogP contribution < -0.4 is 5.73 Å². The molecule has 0 amide bonds. The average Bonchev–Trinajstić information content (AvgIpc) is 3.07. The van der Waals surface area contributed by atoms with Crippen molar-refractivity contribution in [1.82, 2.24) is 0 Å². The van der Waals surface area contributed by atoms with Gasteiger partial charge in [0.05, 0.1) is 6.10 Å². The van der Waals surface area contributed by atoms with Crippen molar-refractivity contribution in [3.63, 3.8) is 0 Å². The molecule has 1 saturated carbocycles. The molecule has 0 spiro atoms. The van der Waals surface area contributed by atoms with Gasteiger partial charge in [-0.15, -0.1) is 0 Å². The molecule has 1 saturated heterocycles. The SMILES string of the molecule is NCC1CCOC1c1ccc(C2CC2)cc1. The second-order valence-electron chi connectivity index (χ2n) is 5.02. The Kier molecular flexibility index (Phi) is 2.70. The van der Waals surface area contributed by atoms with Gasteiger partial charge in [0.25, 0.3) is 0 Å². The smallest absolute Gasteiger partial charge is 0.0865 e. The standard InChI is InChI=1S/C14H19NO/c15-9-13-7-8-16-14(13)12-5-3-11(4-6-12)10-1-2-10/h3-6,10,13-14H,1-2,7-9,15H2. The van der Waals surface area contributed by atoms with Crippen LogP contribution in [-0.2, 0) is 4.74 Å². The molecule has 2 aliphatic rings. The first-order chi connectivity index (χ1) is 7.88. The lowest BCUT2D eigenvalue weighted by atomic mass is 9.94. The second-order valence-corrected chi connectivity index (χ2v) is 5.02.